The molecule has 0 bridgehead atoms. The molecular formula is C16H25FN3O7P. The van der Waals surface area contributed by atoms with E-state index >= 15 is 0 Å². The zero-order valence-electron chi connectivity index (χ0n) is 16.0. The molecule has 2 rings (SSSR count). The predicted molar refractivity (Wildman–Crippen MR) is 98.8 cm³/mol. The Kier molecular flexibility index (Phi) is 7.46. The summed E-state index contributed by atoms with van der Waals surface area (Å²) in [5.74, 6) is -0.433. The van der Waals surface area contributed by atoms with Crippen molar-refractivity contribution in [2.75, 3.05) is 6.61 Å². The Morgan fingerprint density at radius 3 is 2.79 bits per heavy atom. The second-order valence-corrected chi connectivity index (χ2v) is 7.69. The van der Waals surface area contributed by atoms with Gasteiger partial charge in [-0.3, -0.25) is 24.2 Å². The number of rotatable bonds is 8. The van der Waals surface area contributed by atoms with Gasteiger partial charge in [-0.2, -0.15) is 0 Å². The van der Waals surface area contributed by atoms with Crippen LogP contribution in [0.2, 0.25) is 0 Å². The molecule has 10 nitrogen and oxygen atoms in total. The lowest BCUT2D eigenvalue weighted by atomic mass is 9.98. The molecule has 0 saturated carbocycles. The van der Waals surface area contributed by atoms with E-state index in [2.05, 4.69) is 5.09 Å². The molecule has 28 heavy (non-hydrogen) atoms. The lowest BCUT2D eigenvalue weighted by molar-refractivity contribution is -0.148. The number of aliphatic hydroxyl groups excluding tert-OH is 1. The van der Waals surface area contributed by atoms with E-state index in [-0.39, 0.29) is 21.7 Å². The highest BCUT2D eigenvalue weighted by molar-refractivity contribution is 7.29. The molecule has 0 amide bonds. The van der Waals surface area contributed by atoms with E-state index in [1.807, 2.05) is 4.98 Å². The van der Waals surface area contributed by atoms with Crippen LogP contribution < -0.4 is 16.3 Å². The maximum atomic E-state index is 15.0. The Morgan fingerprint density at radius 2 is 2.18 bits per heavy atom. The van der Waals surface area contributed by atoms with E-state index in [0.29, 0.717) is 0 Å². The molecular weight excluding hydrogens is 396 g/mol. The lowest BCUT2D eigenvalue weighted by Gasteiger charge is -2.24. The number of nitrogens with one attached hydrogen (secondary N) is 2. The van der Waals surface area contributed by atoms with Crippen molar-refractivity contribution >= 4 is 14.9 Å². The van der Waals surface area contributed by atoms with Gasteiger partial charge in [0.2, 0.25) is 0 Å². The largest absolute Gasteiger partial charge is 0.462 e. The van der Waals surface area contributed by atoms with E-state index < -0.39 is 47.4 Å². The SMILES string of the molecule is CC(C)OC(=O)[C@H](C)NPOC[C@H]1O[C@@H](n2ccc(=O)[nH]c2=O)[C@](C)(F)[C@@H]1O. The number of ether oxygens (including phenoxy) is 2. The number of halogens is 1. The first-order valence-electron chi connectivity index (χ1n) is 8.70. The molecule has 0 aliphatic carbocycles. The number of carbonyl (C=O) groups excluding carboxylic acids is 1. The number of aliphatic hydroxyl groups is 1. The Labute approximate surface area is 162 Å². The third kappa shape index (κ3) is 5.24. The van der Waals surface area contributed by atoms with Crippen LogP contribution in [0.15, 0.2) is 21.9 Å². The molecule has 6 atom stereocenters. The van der Waals surface area contributed by atoms with Crippen molar-refractivity contribution < 1.29 is 28.3 Å². The molecule has 0 aromatic carbocycles. The molecule has 1 aliphatic heterocycles. The minimum atomic E-state index is -2.29. The highest BCUT2D eigenvalue weighted by Gasteiger charge is 2.55. The van der Waals surface area contributed by atoms with E-state index in [0.717, 1.165) is 23.8 Å². The van der Waals surface area contributed by atoms with Crippen LogP contribution in [0.3, 0.4) is 0 Å². The van der Waals surface area contributed by atoms with E-state index in [1.165, 1.54) is 0 Å². The number of aromatic nitrogens is 2. The Hall–Kier alpha value is -1.65. The van der Waals surface area contributed by atoms with Gasteiger partial charge in [0.1, 0.15) is 18.2 Å². The highest BCUT2D eigenvalue weighted by Crippen LogP contribution is 2.40. The zero-order chi connectivity index (χ0) is 21.1. The topological polar surface area (TPSA) is 132 Å². The van der Waals surface area contributed by atoms with E-state index in [9.17, 15) is 23.9 Å². The number of hydrogen-bond donors (Lipinski definition) is 3. The quantitative estimate of drug-likeness (QED) is 0.303. The Bertz CT molecular complexity index is 797. The normalized spacial score (nSPS) is 28.9. The number of esters is 1. The summed E-state index contributed by atoms with van der Waals surface area (Å²) < 4.78 is 31.7. The second-order valence-electron chi connectivity index (χ2n) is 6.91. The van der Waals surface area contributed by atoms with Crippen molar-refractivity contribution in [3.63, 3.8) is 0 Å². The zero-order valence-corrected chi connectivity index (χ0v) is 17.0. The smallest absolute Gasteiger partial charge is 0.330 e. The van der Waals surface area contributed by atoms with Crippen LogP contribution in [0.4, 0.5) is 4.39 Å². The number of aromatic amines is 1. The van der Waals surface area contributed by atoms with Gasteiger partial charge in [0.05, 0.1) is 21.7 Å². The van der Waals surface area contributed by atoms with Gasteiger partial charge >= 0.3 is 11.7 Å². The first-order chi connectivity index (χ1) is 13.0. The monoisotopic (exact) mass is 421 g/mol. The van der Waals surface area contributed by atoms with Crippen LogP contribution in [-0.4, -0.2) is 57.3 Å². The van der Waals surface area contributed by atoms with Crippen LogP contribution in [0.1, 0.15) is 33.9 Å². The minimum Gasteiger partial charge on any atom is -0.462 e. The maximum absolute atomic E-state index is 15.0. The molecule has 12 heteroatoms. The fourth-order valence-electron chi connectivity index (χ4n) is 2.61. The summed E-state index contributed by atoms with van der Waals surface area (Å²) in [6.45, 7) is 6.01. The molecule has 1 aromatic rings. The molecule has 0 spiro atoms. The number of nitrogens with zero attached hydrogens (tertiary/aromatic N) is 1. The number of H-pyrrole nitrogens is 1. The van der Waals surface area contributed by atoms with Gasteiger partial charge in [-0.15, -0.1) is 0 Å². The van der Waals surface area contributed by atoms with Crippen molar-refractivity contribution in [1.29, 1.82) is 0 Å². The minimum absolute atomic E-state index is 0.174. The Morgan fingerprint density at radius 1 is 1.50 bits per heavy atom. The van der Waals surface area contributed by atoms with Gasteiger partial charge in [0.25, 0.3) is 5.56 Å². The van der Waals surface area contributed by atoms with Crippen LogP contribution in [-0.2, 0) is 18.8 Å². The van der Waals surface area contributed by atoms with Crippen molar-refractivity contribution in [2.45, 2.75) is 63.9 Å². The third-order valence-electron chi connectivity index (χ3n) is 4.12. The number of carbonyl (C=O) groups is 1. The molecule has 1 unspecified atom stereocenters. The van der Waals surface area contributed by atoms with Crippen LogP contribution in [0.5, 0.6) is 0 Å². The lowest BCUT2D eigenvalue weighted by Crippen LogP contribution is -2.43. The first kappa shape index (κ1) is 22.6. The van der Waals surface area contributed by atoms with Crippen LogP contribution >= 0.6 is 8.96 Å². The van der Waals surface area contributed by atoms with E-state index in [4.69, 9.17) is 14.0 Å². The van der Waals surface area contributed by atoms with Crippen molar-refractivity contribution in [3.8, 4) is 0 Å². The molecule has 1 saturated heterocycles. The average Bonchev–Trinajstić information content (AvgIpc) is 2.81. The molecule has 1 fully saturated rings. The summed E-state index contributed by atoms with van der Waals surface area (Å²) >= 11 is 0. The van der Waals surface area contributed by atoms with Gasteiger partial charge in [0, 0.05) is 12.3 Å². The van der Waals surface area contributed by atoms with Crippen LogP contribution in [0.25, 0.3) is 0 Å². The summed E-state index contributed by atoms with van der Waals surface area (Å²) in [6, 6.07) is 0.453. The fourth-order valence-corrected chi connectivity index (χ4v) is 3.24. The molecule has 1 aromatic heterocycles. The summed E-state index contributed by atoms with van der Waals surface area (Å²) in [6.07, 6.45) is -3.18. The van der Waals surface area contributed by atoms with Gasteiger partial charge in [-0.05, 0) is 27.7 Å². The maximum Gasteiger partial charge on any atom is 0.330 e. The summed E-state index contributed by atoms with van der Waals surface area (Å²) in [4.78, 5) is 36.8. The number of alkyl halides is 1. The summed E-state index contributed by atoms with van der Waals surface area (Å²) in [5, 5.41) is 13.0. The van der Waals surface area contributed by atoms with Crippen molar-refractivity contribution in [2.24, 2.45) is 0 Å². The predicted octanol–water partition coefficient (Wildman–Crippen LogP) is -0.0221. The summed E-state index contributed by atoms with van der Waals surface area (Å²) in [7, 11) is -0.326. The molecule has 0 radical (unpaired) electrons. The van der Waals surface area contributed by atoms with Gasteiger partial charge < -0.3 is 19.1 Å². The Balaban J connectivity index is 1.92. The molecule has 2 heterocycles. The molecule has 158 valence electrons. The second kappa shape index (κ2) is 9.23. The van der Waals surface area contributed by atoms with Crippen molar-refractivity contribution in [1.82, 2.24) is 14.6 Å². The van der Waals surface area contributed by atoms with Crippen LogP contribution in [0, 0.1) is 0 Å². The average molecular weight is 421 g/mol. The van der Waals surface area contributed by atoms with Gasteiger partial charge in [0.15, 0.2) is 11.9 Å². The molecule has 1 aliphatic rings. The standard InChI is InChI=1S/C16H25FN3O7P/c1-8(2)26-13(23)9(3)19-28-25-7-10-12(22)16(4,17)14(27-10)20-6-5-11(21)18-15(20)24/h5-6,8-10,12,14,19,22,28H,7H2,1-4H3,(H,18,21,24)/t9-,10+,12+,14+,16+/m0/s1. The van der Waals surface area contributed by atoms with Gasteiger partial charge in [-0.1, -0.05) is 0 Å². The van der Waals surface area contributed by atoms with Gasteiger partial charge in [-0.25, -0.2) is 9.18 Å². The fraction of sp³-hybridized carbons (Fsp3) is 0.688. The third-order valence-corrected chi connectivity index (χ3v) is 4.98. The molecule has 3 N–H and O–H groups in total. The summed E-state index contributed by atoms with van der Waals surface area (Å²) in [5.41, 5.74) is -3.77. The van der Waals surface area contributed by atoms with Crippen molar-refractivity contribution in [3.05, 3.63) is 33.1 Å². The van der Waals surface area contributed by atoms with E-state index in [1.54, 1.807) is 20.8 Å². The highest BCUT2D eigenvalue weighted by atomic mass is 31.1. The first-order valence-corrected chi connectivity index (χ1v) is 9.61. The number of hydrogen-bond acceptors (Lipinski definition) is 8.